The van der Waals surface area contributed by atoms with Crippen LogP contribution >= 0.6 is 22.9 Å². The lowest BCUT2D eigenvalue weighted by Gasteiger charge is -2.41. The zero-order valence-electron chi connectivity index (χ0n) is 36.3. The van der Waals surface area contributed by atoms with E-state index >= 15 is 0 Å². The monoisotopic (exact) mass is 1040 g/mol. The molecule has 23 nitrogen and oxygen atoms in total. The van der Waals surface area contributed by atoms with Gasteiger partial charge in [-0.1, -0.05) is 6.92 Å². The van der Waals surface area contributed by atoms with Gasteiger partial charge >= 0.3 is 47.8 Å². The molecule has 1 unspecified atom stereocenters. The molecule has 0 aromatic carbocycles. The Bertz CT molecular complexity index is 1610. The van der Waals surface area contributed by atoms with Crippen LogP contribution in [0.2, 0.25) is 0 Å². The second kappa shape index (κ2) is 29.2. The van der Waals surface area contributed by atoms with E-state index in [1.54, 1.807) is 29.8 Å². The van der Waals surface area contributed by atoms with Gasteiger partial charge in [-0.25, -0.2) is 0 Å². The number of aldehydes is 1. The van der Waals surface area contributed by atoms with Crippen LogP contribution in [0.4, 0.5) is 0 Å². The Kier molecular flexibility index (Phi) is 26.7. The summed E-state index contributed by atoms with van der Waals surface area (Å²) in [5.41, 5.74) is -5.72. The molecule has 3 amide bonds. The van der Waals surface area contributed by atoms with Crippen molar-refractivity contribution in [2.24, 2.45) is 5.41 Å². The first-order valence-electron chi connectivity index (χ1n) is 20.9. The summed E-state index contributed by atoms with van der Waals surface area (Å²) in [5, 5.41) is 80.8. The average molecular weight is 1040 g/mol. The van der Waals surface area contributed by atoms with Crippen LogP contribution < -0.4 is 10.6 Å². The summed E-state index contributed by atoms with van der Waals surface area (Å²) < 4.78 is 1.09. The number of carbonyl (C=O) groups is 12. The molecule has 0 aromatic rings. The summed E-state index contributed by atoms with van der Waals surface area (Å²) >= 11 is 1.58. The van der Waals surface area contributed by atoms with Gasteiger partial charge in [-0.05, 0) is 82.5 Å². The normalized spacial score (nSPS) is 12.5. The molecule has 0 aliphatic rings. The van der Waals surface area contributed by atoms with Gasteiger partial charge in [0.05, 0.1) is 28.4 Å². The molecule has 0 saturated heterocycles. The number of halogens is 1. The van der Waals surface area contributed by atoms with E-state index in [9.17, 15) is 98.4 Å². The zero-order valence-corrected chi connectivity index (χ0v) is 38.5. The first kappa shape index (κ1) is 59.6. The SMILES string of the molecule is CC(CCC(=O)NC(CCC=O)(CCC(=O)O)CCC(=O)O)(CCC(=O)NC(CCC(=O)O)(CCC(=O)O)CCC(=O)O)CCC(=O)N(I)C(CCC(=O)O)(CCC(=O)O)CCC(=O)O. The lowest BCUT2D eigenvalue weighted by atomic mass is 9.76. The summed E-state index contributed by atoms with van der Waals surface area (Å²) in [5.74, 6) is -12.4. The van der Waals surface area contributed by atoms with E-state index < -0.39 is 145 Å². The first-order chi connectivity index (χ1) is 30.1. The Morgan fingerprint density at radius 1 is 0.415 bits per heavy atom. The molecule has 10 N–H and O–H groups in total. The summed E-state index contributed by atoms with van der Waals surface area (Å²) in [6.45, 7) is 1.60. The summed E-state index contributed by atoms with van der Waals surface area (Å²) in [6.07, 6.45) is -7.82. The maximum absolute atomic E-state index is 14.0. The summed E-state index contributed by atoms with van der Waals surface area (Å²) in [7, 11) is 0. The number of hydrogen-bond acceptors (Lipinski definition) is 12. The molecule has 0 aromatic heterocycles. The van der Waals surface area contributed by atoms with Crippen molar-refractivity contribution < 1.29 is 98.4 Å². The maximum Gasteiger partial charge on any atom is 0.303 e. The van der Waals surface area contributed by atoms with Crippen molar-refractivity contribution >= 4 is 94.6 Å². The van der Waals surface area contributed by atoms with Crippen LogP contribution in [0.15, 0.2) is 0 Å². The standard InChI is InChI=1S/C41H62IN3O20/c1-38(15-3-27(47)43-39(14-2-26-46,18-6-30(50)51)19-7-31(52)53,16-4-28(48)44-40(20-8-32(54)55,21-9-33(56)57)22-10-34(58)59)17-5-29(49)45(42)41(23-11-35(60)61,24-12-36(62)63)25-13-37(64)65/h26H,2-25H2,1H3,(H,43,47)(H,44,48)(H,50,51)(H,52,53)(H,54,55)(H,56,57)(H,58,59)(H,60,61)(H,62,63)(H,64,65). The highest BCUT2D eigenvalue weighted by Gasteiger charge is 2.41. The third-order valence-electron chi connectivity index (χ3n) is 11.5. The number of amides is 3. The molecular weight excluding hydrogens is 981 g/mol. The van der Waals surface area contributed by atoms with Gasteiger partial charge in [-0.3, -0.25) is 55.9 Å². The highest BCUT2D eigenvalue weighted by molar-refractivity contribution is 14.1. The molecule has 0 saturated carbocycles. The van der Waals surface area contributed by atoms with Gasteiger partial charge in [-0.2, -0.15) is 0 Å². The maximum atomic E-state index is 14.0. The minimum absolute atomic E-state index is 0.0962. The molecule has 368 valence electrons. The summed E-state index contributed by atoms with van der Waals surface area (Å²) in [6, 6.07) is 0. The van der Waals surface area contributed by atoms with Gasteiger partial charge in [0.15, 0.2) is 0 Å². The van der Waals surface area contributed by atoms with E-state index in [0.717, 1.165) is 3.11 Å². The van der Waals surface area contributed by atoms with E-state index in [1.165, 1.54) is 0 Å². The lowest BCUT2D eigenvalue weighted by molar-refractivity contribution is -0.142. The number of carbonyl (C=O) groups excluding carboxylic acids is 4. The zero-order chi connectivity index (χ0) is 50.0. The number of aliphatic carboxylic acids is 8. The van der Waals surface area contributed by atoms with Gasteiger partial charge in [-0.15, -0.1) is 0 Å². The highest BCUT2D eigenvalue weighted by Crippen LogP contribution is 2.40. The molecule has 0 fully saturated rings. The molecule has 0 radical (unpaired) electrons. The predicted molar refractivity (Wildman–Crippen MR) is 231 cm³/mol. The van der Waals surface area contributed by atoms with Crippen LogP contribution in [0.1, 0.15) is 161 Å². The number of hydrogen-bond donors (Lipinski definition) is 10. The quantitative estimate of drug-likeness (QED) is 0.0237. The molecule has 0 aliphatic carbocycles. The number of nitrogens with one attached hydrogen (secondary N) is 2. The molecule has 0 aliphatic heterocycles. The van der Waals surface area contributed by atoms with E-state index in [1.807, 2.05) is 0 Å². The Hall–Kier alpha value is -5.43. The molecule has 0 bridgehead atoms. The van der Waals surface area contributed by atoms with Gasteiger partial charge in [0.1, 0.15) is 6.29 Å². The fourth-order valence-corrected chi connectivity index (χ4v) is 8.54. The van der Waals surface area contributed by atoms with Crippen molar-refractivity contribution in [2.75, 3.05) is 0 Å². The van der Waals surface area contributed by atoms with Crippen molar-refractivity contribution in [3.8, 4) is 0 Å². The number of nitrogens with zero attached hydrogens (tertiary/aromatic N) is 1. The van der Waals surface area contributed by atoms with Crippen LogP contribution in [0.3, 0.4) is 0 Å². The predicted octanol–water partition coefficient (Wildman–Crippen LogP) is 3.86. The topological polar surface area (TPSA) is 394 Å². The number of carboxylic acids is 8. The highest BCUT2D eigenvalue weighted by atomic mass is 127. The molecule has 0 rings (SSSR count). The minimum atomic E-state index is -1.58. The Morgan fingerprint density at radius 2 is 0.677 bits per heavy atom. The Labute approximate surface area is 388 Å². The third kappa shape index (κ3) is 25.6. The smallest absolute Gasteiger partial charge is 0.303 e. The fourth-order valence-electron chi connectivity index (χ4n) is 7.57. The van der Waals surface area contributed by atoms with E-state index in [-0.39, 0.29) is 96.3 Å². The second-order valence-electron chi connectivity index (χ2n) is 16.7. The van der Waals surface area contributed by atoms with Gasteiger partial charge in [0.2, 0.25) is 17.7 Å². The van der Waals surface area contributed by atoms with Gasteiger partial charge < -0.3 is 56.3 Å². The van der Waals surface area contributed by atoms with Crippen molar-refractivity contribution in [1.29, 1.82) is 0 Å². The Balaban J connectivity index is 7.03. The van der Waals surface area contributed by atoms with E-state index in [4.69, 9.17) is 0 Å². The van der Waals surface area contributed by atoms with Gasteiger partial charge in [0.25, 0.3) is 0 Å². The Morgan fingerprint density at radius 3 is 0.954 bits per heavy atom. The van der Waals surface area contributed by atoms with Crippen molar-refractivity contribution in [2.45, 2.75) is 178 Å². The third-order valence-corrected chi connectivity index (χ3v) is 13.1. The van der Waals surface area contributed by atoms with Crippen LogP contribution in [0, 0.1) is 5.41 Å². The molecular formula is C41H62IN3O20. The first-order valence-corrected chi connectivity index (χ1v) is 21.9. The van der Waals surface area contributed by atoms with Crippen LogP contribution in [0.25, 0.3) is 0 Å². The lowest BCUT2D eigenvalue weighted by Crippen LogP contribution is -2.50. The summed E-state index contributed by atoms with van der Waals surface area (Å²) in [4.78, 5) is 145. The van der Waals surface area contributed by atoms with Crippen LogP contribution in [0.5, 0.6) is 0 Å². The van der Waals surface area contributed by atoms with Gasteiger partial charge in [0, 0.05) is 88.1 Å². The van der Waals surface area contributed by atoms with E-state index in [0.29, 0.717) is 6.29 Å². The molecule has 1 atom stereocenters. The molecule has 0 heterocycles. The van der Waals surface area contributed by atoms with Crippen molar-refractivity contribution in [1.82, 2.24) is 13.7 Å². The minimum Gasteiger partial charge on any atom is -0.481 e. The fraction of sp³-hybridized carbons (Fsp3) is 0.707. The second-order valence-corrected chi connectivity index (χ2v) is 17.7. The number of carboxylic acid groups (broad SMARTS) is 8. The van der Waals surface area contributed by atoms with Crippen LogP contribution in [-0.4, -0.2) is 132 Å². The van der Waals surface area contributed by atoms with E-state index in [2.05, 4.69) is 10.6 Å². The van der Waals surface area contributed by atoms with Crippen molar-refractivity contribution in [3.63, 3.8) is 0 Å². The number of rotatable bonds is 39. The average Bonchev–Trinajstić information content (AvgIpc) is 3.21. The molecule has 0 spiro atoms. The molecule has 65 heavy (non-hydrogen) atoms. The van der Waals surface area contributed by atoms with Crippen molar-refractivity contribution in [3.05, 3.63) is 0 Å². The van der Waals surface area contributed by atoms with Crippen LogP contribution in [-0.2, 0) is 57.5 Å². The molecule has 24 heteroatoms. The largest absolute Gasteiger partial charge is 0.481 e.